The van der Waals surface area contributed by atoms with Crippen LogP contribution in [-0.2, 0) is 14.9 Å². The third-order valence-corrected chi connectivity index (χ3v) is 6.42. The minimum Gasteiger partial charge on any atom is -0.496 e. The van der Waals surface area contributed by atoms with Crippen LogP contribution in [0.1, 0.15) is 56.6 Å². The van der Waals surface area contributed by atoms with Crippen molar-refractivity contribution in [2.45, 2.75) is 50.9 Å². The molecule has 4 saturated carbocycles. The molecule has 0 saturated heterocycles. The highest BCUT2D eigenvalue weighted by molar-refractivity contribution is 5.48. The van der Waals surface area contributed by atoms with Gasteiger partial charge in [-0.25, -0.2) is 0 Å². The molecule has 0 heterocycles. The van der Waals surface area contributed by atoms with Crippen molar-refractivity contribution < 1.29 is 14.2 Å². The van der Waals surface area contributed by atoms with E-state index in [9.17, 15) is 0 Å². The molecule has 1 aromatic carbocycles. The van der Waals surface area contributed by atoms with Crippen molar-refractivity contribution >= 4 is 0 Å². The molecule has 0 N–H and O–H groups in total. The number of hydrogen-bond donors (Lipinski definition) is 0. The van der Waals surface area contributed by atoms with Gasteiger partial charge in [0.1, 0.15) is 11.9 Å². The summed E-state index contributed by atoms with van der Waals surface area (Å²) in [4.78, 5) is 0. The third kappa shape index (κ3) is 3.25. The van der Waals surface area contributed by atoms with Crippen molar-refractivity contribution in [1.29, 1.82) is 0 Å². The van der Waals surface area contributed by atoms with Crippen LogP contribution in [0.4, 0.5) is 0 Å². The van der Waals surface area contributed by atoms with Gasteiger partial charge in [-0.2, -0.15) is 0 Å². The van der Waals surface area contributed by atoms with Crippen LogP contribution in [0.2, 0.25) is 0 Å². The second-order valence-corrected chi connectivity index (χ2v) is 8.09. The van der Waals surface area contributed by atoms with Gasteiger partial charge in [0.05, 0.1) is 7.11 Å². The molecule has 0 atom stereocenters. The Morgan fingerprint density at radius 1 is 1.08 bits per heavy atom. The molecule has 1 aromatic rings. The quantitative estimate of drug-likeness (QED) is 0.449. The van der Waals surface area contributed by atoms with Crippen LogP contribution in [-0.4, -0.2) is 20.5 Å². The minimum absolute atomic E-state index is 0.224. The zero-order valence-electron chi connectivity index (χ0n) is 15.3. The summed E-state index contributed by atoms with van der Waals surface area (Å²) in [6.07, 6.45) is 11.1. The Kier molecular flexibility index (Phi) is 4.65. The molecule has 3 nitrogen and oxygen atoms in total. The molecule has 4 aliphatic rings. The Labute approximate surface area is 151 Å². The van der Waals surface area contributed by atoms with E-state index in [1.165, 1.54) is 44.1 Å². The van der Waals surface area contributed by atoms with Crippen LogP contribution in [0.5, 0.6) is 5.75 Å². The largest absolute Gasteiger partial charge is 0.496 e. The Morgan fingerprint density at radius 2 is 1.76 bits per heavy atom. The van der Waals surface area contributed by atoms with E-state index in [1.807, 2.05) is 13.0 Å². The number of hydrogen-bond acceptors (Lipinski definition) is 3. The summed E-state index contributed by atoms with van der Waals surface area (Å²) in [5.74, 6) is 6.90. The molecule has 134 valence electrons. The van der Waals surface area contributed by atoms with Crippen LogP contribution in [0.15, 0.2) is 18.2 Å². The molecule has 4 bridgehead atoms. The second-order valence-electron chi connectivity index (χ2n) is 8.09. The first-order chi connectivity index (χ1) is 12.2. The van der Waals surface area contributed by atoms with Gasteiger partial charge in [-0.05, 0) is 92.7 Å². The van der Waals surface area contributed by atoms with Gasteiger partial charge in [-0.15, -0.1) is 0 Å². The normalized spacial score (nSPS) is 32.2. The molecule has 0 aromatic heterocycles. The van der Waals surface area contributed by atoms with Gasteiger partial charge in [0, 0.05) is 17.7 Å². The smallest absolute Gasteiger partial charge is 0.199 e. The molecule has 5 rings (SSSR count). The molecule has 0 spiro atoms. The molecule has 0 amide bonds. The number of rotatable bonds is 5. The van der Waals surface area contributed by atoms with E-state index in [1.54, 1.807) is 7.11 Å². The highest BCUT2D eigenvalue weighted by Gasteiger charge is 2.52. The monoisotopic (exact) mass is 340 g/mol. The van der Waals surface area contributed by atoms with E-state index in [4.69, 9.17) is 14.2 Å². The highest BCUT2D eigenvalue weighted by Crippen LogP contribution is 2.61. The fraction of sp³-hybridized carbons (Fsp3) is 0.636. The zero-order valence-corrected chi connectivity index (χ0v) is 15.3. The topological polar surface area (TPSA) is 27.7 Å². The lowest BCUT2D eigenvalue weighted by atomic mass is 9.48. The van der Waals surface area contributed by atoms with Crippen LogP contribution in [0.3, 0.4) is 0 Å². The molecular weight excluding hydrogens is 312 g/mol. The molecule has 25 heavy (non-hydrogen) atoms. The molecule has 3 heteroatoms. The van der Waals surface area contributed by atoms with Crippen molar-refractivity contribution in [2.75, 3.05) is 20.5 Å². The maximum Gasteiger partial charge on any atom is 0.199 e. The summed E-state index contributed by atoms with van der Waals surface area (Å²) in [5, 5.41) is 0. The van der Waals surface area contributed by atoms with E-state index in [0.29, 0.717) is 12.0 Å². The van der Waals surface area contributed by atoms with Crippen LogP contribution in [0, 0.1) is 29.8 Å². The average Bonchev–Trinajstić information content (AvgIpc) is 2.60. The summed E-state index contributed by atoms with van der Waals surface area (Å²) in [5.41, 5.74) is 2.69. The molecule has 0 unspecified atom stereocenters. The van der Waals surface area contributed by atoms with E-state index in [2.05, 4.69) is 24.2 Å². The van der Waals surface area contributed by atoms with Crippen molar-refractivity contribution in [3.05, 3.63) is 29.3 Å². The van der Waals surface area contributed by atoms with Gasteiger partial charge in [-0.1, -0.05) is 0 Å². The Hall–Kier alpha value is -1.66. The SMILES string of the molecule is CCOCOC#Cc1ccc(OC)c(C23CC4CC(CC(C4)C2)C3)c1. The predicted octanol–water partition coefficient (Wildman–Crippen LogP) is 4.48. The van der Waals surface area contributed by atoms with Gasteiger partial charge in [0.15, 0.2) is 6.79 Å². The number of benzene rings is 1. The minimum atomic E-state index is 0.224. The highest BCUT2D eigenvalue weighted by atomic mass is 16.7. The summed E-state index contributed by atoms with van der Waals surface area (Å²) in [7, 11) is 1.79. The second kappa shape index (κ2) is 6.92. The number of methoxy groups -OCH3 is 1. The summed E-state index contributed by atoms with van der Waals surface area (Å²) < 4.78 is 16.1. The molecular formula is C22H28O3. The van der Waals surface area contributed by atoms with E-state index in [0.717, 1.165) is 29.1 Å². The van der Waals surface area contributed by atoms with Crippen LogP contribution < -0.4 is 4.74 Å². The van der Waals surface area contributed by atoms with E-state index >= 15 is 0 Å². The van der Waals surface area contributed by atoms with E-state index < -0.39 is 0 Å². The van der Waals surface area contributed by atoms with Crippen molar-refractivity contribution in [1.82, 2.24) is 0 Å². The van der Waals surface area contributed by atoms with Crippen molar-refractivity contribution in [2.24, 2.45) is 17.8 Å². The van der Waals surface area contributed by atoms with Gasteiger partial charge >= 0.3 is 0 Å². The third-order valence-electron chi connectivity index (χ3n) is 6.42. The van der Waals surface area contributed by atoms with Crippen molar-refractivity contribution in [3.8, 4) is 17.8 Å². The van der Waals surface area contributed by atoms with Gasteiger partial charge in [0.25, 0.3) is 0 Å². The van der Waals surface area contributed by atoms with Gasteiger partial charge < -0.3 is 14.2 Å². The standard InChI is InChI=1S/C22H28O3/c1-3-24-15-25-7-6-16-4-5-21(23-2)20(11-16)22-12-17-8-18(13-22)10-19(9-17)14-22/h4-5,11,17-19H,3,8-10,12-15H2,1-2H3. The molecule has 0 radical (unpaired) electrons. The summed E-state index contributed by atoms with van der Waals surface area (Å²) in [6.45, 7) is 2.81. The summed E-state index contributed by atoms with van der Waals surface area (Å²) >= 11 is 0. The summed E-state index contributed by atoms with van der Waals surface area (Å²) in [6, 6.07) is 6.36. The first-order valence-electron chi connectivity index (χ1n) is 9.61. The Balaban J connectivity index is 1.61. The molecule has 4 aliphatic carbocycles. The lowest BCUT2D eigenvalue weighted by Crippen LogP contribution is -2.48. The van der Waals surface area contributed by atoms with Gasteiger partial charge in [-0.3, -0.25) is 0 Å². The van der Waals surface area contributed by atoms with Crippen LogP contribution in [0.25, 0.3) is 0 Å². The maximum absolute atomic E-state index is 5.75. The lowest BCUT2D eigenvalue weighted by molar-refractivity contribution is -0.00617. The fourth-order valence-corrected chi connectivity index (χ4v) is 5.89. The van der Waals surface area contributed by atoms with Crippen molar-refractivity contribution in [3.63, 3.8) is 0 Å². The zero-order chi connectivity index (χ0) is 17.3. The Morgan fingerprint density at radius 3 is 2.36 bits per heavy atom. The average molecular weight is 340 g/mol. The molecule has 0 aliphatic heterocycles. The first-order valence-corrected chi connectivity index (χ1v) is 9.61. The molecule has 4 fully saturated rings. The maximum atomic E-state index is 5.75. The Bertz CT molecular complexity index is 647. The number of ether oxygens (including phenoxy) is 3. The van der Waals surface area contributed by atoms with E-state index in [-0.39, 0.29) is 6.79 Å². The first kappa shape index (κ1) is 16.8. The van der Waals surface area contributed by atoms with Gasteiger partial charge in [0.2, 0.25) is 0 Å². The van der Waals surface area contributed by atoms with Crippen LogP contribution >= 0.6 is 0 Å². The fourth-order valence-electron chi connectivity index (χ4n) is 5.89. The lowest BCUT2D eigenvalue weighted by Gasteiger charge is -2.57. The predicted molar refractivity (Wildman–Crippen MR) is 97.3 cm³/mol.